The van der Waals surface area contributed by atoms with Crippen LogP contribution >= 0.6 is 0 Å². The average Bonchev–Trinajstić information content (AvgIpc) is 3.01. The standard InChI is InChI=1S/C18H17NO5S/c1-25(22,23)16-10-4-13(5-11-16)18(21)24-15-8-6-14(7-9-15)19-12-2-3-17(19)20/h4-11H,2-3,12H2,1H3. The highest BCUT2D eigenvalue weighted by atomic mass is 32.2. The second kappa shape index (κ2) is 6.68. The number of anilines is 1. The lowest BCUT2D eigenvalue weighted by Gasteiger charge is -2.15. The van der Waals surface area contributed by atoms with Crippen molar-refractivity contribution < 1.29 is 22.7 Å². The van der Waals surface area contributed by atoms with Crippen LogP contribution in [0.25, 0.3) is 0 Å². The summed E-state index contributed by atoms with van der Waals surface area (Å²) in [5.41, 5.74) is 1.03. The van der Waals surface area contributed by atoms with E-state index in [0.29, 0.717) is 18.7 Å². The lowest BCUT2D eigenvalue weighted by molar-refractivity contribution is -0.117. The Morgan fingerprint density at radius 1 is 1.04 bits per heavy atom. The molecule has 1 heterocycles. The number of benzene rings is 2. The Hall–Kier alpha value is -2.67. The first-order valence-corrected chi connectivity index (χ1v) is 9.66. The van der Waals surface area contributed by atoms with Crippen LogP contribution in [-0.2, 0) is 14.6 Å². The maximum atomic E-state index is 12.1. The van der Waals surface area contributed by atoms with Gasteiger partial charge in [-0.2, -0.15) is 0 Å². The smallest absolute Gasteiger partial charge is 0.343 e. The number of nitrogens with zero attached hydrogens (tertiary/aromatic N) is 1. The van der Waals surface area contributed by atoms with Crippen LogP contribution in [0.1, 0.15) is 23.2 Å². The van der Waals surface area contributed by atoms with Crippen LogP contribution in [0.3, 0.4) is 0 Å². The molecule has 0 unspecified atom stereocenters. The number of esters is 1. The molecule has 1 aliphatic heterocycles. The fourth-order valence-corrected chi connectivity index (χ4v) is 3.25. The maximum absolute atomic E-state index is 12.1. The van der Waals surface area contributed by atoms with Gasteiger partial charge in [0.05, 0.1) is 10.5 Å². The van der Waals surface area contributed by atoms with Crippen LogP contribution in [-0.4, -0.2) is 33.1 Å². The lowest BCUT2D eigenvalue weighted by atomic mass is 10.2. The van der Waals surface area contributed by atoms with Crippen LogP contribution in [0.4, 0.5) is 5.69 Å². The van der Waals surface area contributed by atoms with Crippen molar-refractivity contribution in [2.45, 2.75) is 17.7 Å². The third kappa shape index (κ3) is 3.88. The molecule has 0 radical (unpaired) electrons. The summed E-state index contributed by atoms with van der Waals surface area (Å²) in [6, 6.07) is 12.3. The third-order valence-electron chi connectivity index (χ3n) is 3.95. The van der Waals surface area contributed by atoms with Crippen molar-refractivity contribution in [3.8, 4) is 5.75 Å². The monoisotopic (exact) mass is 359 g/mol. The van der Waals surface area contributed by atoms with Crippen LogP contribution in [0.15, 0.2) is 53.4 Å². The highest BCUT2D eigenvalue weighted by Gasteiger charge is 2.21. The molecule has 0 N–H and O–H groups in total. The van der Waals surface area contributed by atoms with E-state index in [1.165, 1.54) is 24.3 Å². The van der Waals surface area contributed by atoms with E-state index in [9.17, 15) is 18.0 Å². The van der Waals surface area contributed by atoms with Gasteiger partial charge in [-0.15, -0.1) is 0 Å². The molecule has 1 amide bonds. The molecule has 130 valence electrons. The molecule has 0 aliphatic carbocycles. The largest absolute Gasteiger partial charge is 0.423 e. The van der Waals surface area contributed by atoms with Crippen molar-refractivity contribution in [1.29, 1.82) is 0 Å². The molecule has 1 saturated heterocycles. The van der Waals surface area contributed by atoms with Gasteiger partial charge in [0.1, 0.15) is 5.75 Å². The number of hydrogen-bond donors (Lipinski definition) is 0. The number of hydrogen-bond acceptors (Lipinski definition) is 5. The van der Waals surface area contributed by atoms with Crippen molar-refractivity contribution in [2.75, 3.05) is 17.7 Å². The van der Waals surface area contributed by atoms with E-state index in [1.807, 2.05) is 0 Å². The number of rotatable bonds is 4. The Morgan fingerprint density at radius 3 is 2.20 bits per heavy atom. The molecule has 0 aromatic heterocycles. The minimum absolute atomic E-state index is 0.0933. The minimum Gasteiger partial charge on any atom is -0.423 e. The molecule has 0 bridgehead atoms. The zero-order valence-corrected chi connectivity index (χ0v) is 14.5. The number of carbonyl (C=O) groups is 2. The van der Waals surface area contributed by atoms with E-state index in [4.69, 9.17) is 4.74 Å². The Kier molecular flexibility index (Phi) is 4.59. The molecule has 2 aromatic carbocycles. The predicted octanol–water partition coefficient (Wildman–Crippen LogP) is 2.44. The van der Waals surface area contributed by atoms with E-state index in [-0.39, 0.29) is 16.4 Å². The summed E-state index contributed by atoms with van der Waals surface area (Å²) >= 11 is 0. The van der Waals surface area contributed by atoms with Gasteiger partial charge in [0, 0.05) is 24.9 Å². The summed E-state index contributed by atoms with van der Waals surface area (Å²) in [7, 11) is -3.31. The lowest BCUT2D eigenvalue weighted by Crippen LogP contribution is -2.23. The first kappa shape index (κ1) is 17.2. The SMILES string of the molecule is CS(=O)(=O)c1ccc(C(=O)Oc2ccc(N3CCCC3=O)cc2)cc1. The predicted molar refractivity (Wildman–Crippen MR) is 92.5 cm³/mol. The fraction of sp³-hybridized carbons (Fsp3) is 0.222. The van der Waals surface area contributed by atoms with Gasteiger partial charge in [-0.05, 0) is 55.0 Å². The molecule has 0 spiro atoms. The summed E-state index contributed by atoms with van der Waals surface area (Å²) in [6.45, 7) is 0.699. The van der Waals surface area contributed by atoms with Gasteiger partial charge in [-0.3, -0.25) is 4.79 Å². The van der Waals surface area contributed by atoms with Crippen LogP contribution in [0.2, 0.25) is 0 Å². The molecule has 6 nitrogen and oxygen atoms in total. The highest BCUT2D eigenvalue weighted by Crippen LogP contribution is 2.24. The summed E-state index contributed by atoms with van der Waals surface area (Å²) in [6.07, 6.45) is 2.51. The maximum Gasteiger partial charge on any atom is 0.343 e. The van der Waals surface area contributed by atoms with Crippen molar-refractivity contribution >= 4 is 27.4 Å². The van der Waals surface area contributed by atoms with Gasteiger partial charge in [-0.1, -0.05) is 0 Å². The summed E-state index contributed by atoms with van der Waals surface area (Å²) in [5.74, 6) is -0.131. The topological polar surface area (TPSA) is 80.8 Å². The second-order valence-electron chi connectivity index (χ2n) is 5.83. The van der Waals surface area contributed by atoms with E-state index in [0.717, 1.165) is 18.4 Å². The molecule has 1 fully saturated rings. The minimum atomic E-state index is -3.31. The normalized spacial score (nSPS) is 14.6. The number of carbonyl (C=O) groups excluding carboxylic acids is 2. The van der Waals surface area contributed by atoms with Crippen LogP contribution < -0.4 is 9.64 Å². The van der Waals surface area contributed by atoms with Gasteiger partial charge >= 0.3 is 5.97 Å². The second-order valence-corrected chi connectivity index (χ2v) is 7.84. The first-order valence-electron chi connectivity index (χ1n) is 7.77. The van der Waals surface area contributed by atoms with Crippen molar-refractivity contribution in [1.82, 2.24) is 0 Å². The van der Waals surface area contributed by atoms with Crippen molar-refractivity contribution in [3.63, 3.8) is 0 Å². The molecule has 7 heteroatoms. The number of sulfone groups is 1. The first-order chi connectivity index (χ1) is 11.8. The van der Waals surface area contributed by atoms with Gasteiger partial charge < -0.3 is 9.64 Å². The third-order valence-corrected chi connectivity index (χ3v) is 5.08. The van der Waals surface area contributed by atoms with E-state index >= 15 is 0 Å². The zero-order valence-electron chi connectivity index (χ0n) is 13.6. The molecule has 25 heavy (non-hydrogen) atoms. The van der Waals surface area contributed by atoms with Gasteiger partial charge in [0.25, 0.3) is 0 Å². The number of ether oxygens (including phenoxy) is 1. The molecule has 3 rings (SSSR count). The van der Waals surface area contributed by atoms with Gasteiger partial charge in [-0.25, -0.2) is 13.2 Å². The quantitative estimate of drug-likeness (QED) is 0.619. The molecular weight excluding hydrogens is 342 g/mol. The van der Waals surface area contributed by atoms with Gasteiger partial charge in [0.2, 0.25) is 5.91 Å². The van der Waals surface area contributed by atoms with Crippen molar-refractivity contribution in [2.24, 2.45) is 0 Å². The Balaban J connectivity index is 1.69. The highest BCUT2D eigenvalue weighted by molar-refractivity contribution is 7.90. The molecular formula is C18H17NO5S. The van der Waals surface area contributed by atoms with Crippen molar-refractivity contribution in [3.05, 3.63) is 54.1 Å². The Morgan fingerprint density at radius 2 is 1.68 bits per heavy atom. The van der Waals surface area contributed by atoms with E-state index in [2.05, 4.69) is 0 Å². The van der Waals surface area contributed by atoms with Crippen LogP contribution in [0.5, 0.6) is 5.75 Å². The Bertz CT molecular complexity index is 901. The molecule has 0 saturated carbocycles. The number of amides is 1. The van der Waals surface area contributed by atoms with Crippen LogP contribution in [0, 0.1) is 0 Å². The summed E-state index contributed by atoms with van der Waals surface area (Å²) in [5, 5.41) is 0. The zero-order chi connectivity index (χ0) is 18.0. The Labute approximate surface area is 145 Å². The molecule has 1 aliphatic rings. The van der Waals surface area contributed by atoms with Gasteiger partial charge in [0.15, 0.2) is 9.84 Å². The average molecular weight is 359 g/mol. The summed E-state index contributed by atoms with van der Waals surface area (Å²) < 4.78 is 28.1. The molecule has 2 aromatic rings. The molecule has 0 atom stereocenters. The fourth-order valence-electron chi connectivity index (χ4n) is 2.62. The summed E-state index contributed by atoms with van der Waals surface area (Å²) in [4.78, 5) is 25.7. The van der Waals surface area contributed by atoms with E-state index in [1.54, 1.807) is 29.2 Å². The van der Waals surface area contributed by atoms with E-state index < -0.39 is 15.8 Å².